The van der Waals surface area contributed by atoms with Crippen LogP contribution >= 0.6 is 0 Å². The van der Waals surface area contributed by atoms with Crippen LogP contribution in [0.25, 0.3) is 0 Å². The first-order chi connectivity index (χ1) is 7.27. The van der Waals surface area contributed by atoms with Crippen molar-refractivity contribution in [3.05, 3.63) is 29.1 Å². The number of alkyl halides is 3. The molecular weight excluding hydrogens is 224 g/mol. The second-order valence-electron chi connectivity index (χ2n) is 3.73. The molecule has 0 N–H and O–H groups in total. The fourth-order valence-corrected chi connectivity index (χ4v) is 1.36. The van der Waals surface area contributed by atoms with Crippen molar-refractivity contribution < 1.29 is 22.3 Å². The molecule has 1 aromatic carbocycles. The molecule has 1 nitrogen and oxygen atoms in total. The number of hydrogen-bond donors (Lipinski definition) is 0. The Morgan fingerprint density at radius 1 is 1.19 bits per heavy atom. The number of benzene rings is 1. The van der Waals surface area contributed by atoms with E-state index in [9.17, 15) is 17.6 Å². The molecule has 1 rings (SSSR count). The Labute approximate surface area is 91.0 Å². The minimum Gasteiger partial charge on any atom is -0.497 e. The summed E-state index contributed by atoms with van der Waals surface area (Å²) in [7, 11) is 1.25. The lowest BCUT2D eigenvalue weighted by Gasteiger charge is -2.15. The molecule has 5 heteroatoms. The van der Waals surface area contributed by atoms with Gasteiger partial charge in [-0.05, 0) is 23.6 Å². The first-order valence-corrected chi connectivity index (χ1v) is 4.72. The van der Waals surface area contributed by atoms with E-state index in [0.29, 0.717) is 6.07 Å². The molecule has 0 saturated carbocycles. The number of hydrogen-bond acceptors (Lipinski definition) is 1. The molecule has 0 spiro atoms. The number of rotatable bonds is 2. The Morgan fingerprint density at radius 2 is 1.75 bits per heavy atom. The van der Waals surface area contributed by atoms with Gasteiger partial charge < -0.3 is 4.74 Å². The first kappa shape index (κ1) is 12.8. The van der Waals surface area contributed by atoms with Crippen LogP contribution in [0.4, 0.5) is 17.6 Å². The van der Waals surface area contributed by atoms with Gasteiger partial charge in [0.25, 0.3) is 0 Å². The van der Waals surface area contributed by atoms with E-state index < -0.39 is 17.6 Å². The molecule has 0 heterocycles. The van der Waals surface area contributed by atoms with Crippen LogP contribution in [0.1, 0.15) is 30.9 Å². The molecule has 0 amide bonds. The second-order valence-corrected chi connectivity index (χ2v) is 3.73. The SMILES string of the molecule is COc1cc(C(C)C)c(F)c(C(F)(F)F)c1. The van der Waals surface area contributed by atoms with Gasteiger partial charge in [-0.25, -0.2) is 4.39 Å². The largest absolute Gasteiger partial charge is 0.497 e. The predicted molar refractivity (Wildman–Crippen MR) is 52.0 cm³/mol. The topological polar surface area (TPSA) is 9.23 Å². The highest BCUT2D eigenvalue weighted by Gasteiger charge is 2.36. The van der Waals surface area contributed by atoms with E-state index in [1.807, 2.05) is 0 Å². The lowest BCUT2D eigenvalue weighted by molar-refractivity contribution is -0.140. The Hall–Kier alpha value is -1.26. The quantitative estimate of drug-likeness (QED) is 0.706. The molecule has 90 valence electrons. The van der Waals surface area contributed by atoms with E-state index in [2.05, 4.69) is 0 Å². The van der Waals surface area contributed by atoms with Crippen LogP contribution in [0.2, 0.25) is 0 Å². The number of halogens is 4. The smallest absolute Gasteiger partial charge is 0.419 e. The standard InChI is InChI=1S/C11H12F4O/c1-6(2)8-4-7(16-3)5-9(10(8)12)11(13,14)15/h4-6H,1-3H3. The lowest BCUT2D eigenvalue weighted by atomic mass is 9.99. The van der Waals surface area contributed by atoms with Crippen LogP contribution < -0.4 is 4.74 Å². The van der Waals surface area contributed by atoms with Crippen LogP contribution in [0.3, 0.4) is 0 Å². The van der Waals surface area contributed by atoms with E-state index in [1.54, 1.807) is 13.8 Å². The van der Waals surface area contributed by atoms with Gasteiger partial charge in [0, 0.05) is 0 Å². The zero-order chi connectivity index (χ0) is 12.5. The van der Waals surface area contributed by atoms with Gasteiger partial charge in [0.15, 0.2) is 0 Å². The third kappa shape index (κ3) is 2.46. The van der Waals surface area contributed by atoms with E-state index >= 15 is 0 Å². The fourth-order valence-electron chi connectivity index (χ4n) is 1.36. The van der Waals surface area contributed by atoms with Crippen molar-refractivity contribution in [2.45, 2.75) is 25.9 Å². The monoisotopic (exact) mass is 236 g/mol. The van der Waals surface area contributed by atoms with Gasteiger partial charge in [0.1, 0.15) is 11.6 Å². The maximum absolute atomic E-state index is 13.6. The summed E-state index contributed by atoms with van der Waals surface area (Å²) in [5.74, 6) is -1.54. The van der Waals surface area contributed by atoms with Crippen LogP contribution in [-0.4, -0.2) is 7.11 Å². The molecule has 1 aromatic rings. The Kier molecular flexibility index (Phi) is 3.45. The molecule has 0 aliphatic carbocycles. The number of ether oxygens (including phenoxy) is 1. The zero-order valence-electron chi connectivity index (χ0n) is 9.15. The molecule has 0 aliphatic rings. The molecule has 0 aromatic heterocycles. The average molecular weight is 236 g/mol. The molecule has 0 bridgehead atoms. The van der Waals surface area contributed by atoms with Crippen LogP contribution in [0, 0.1) is 5.82 Å². The van der Waals surface area contributed by atoms with Crippen molar-refractivity contribution in [1.82, 2.24) is 0 Å². The second kappa shape index (κ2) is 4.31. The van der Waals surface area contributed by atoms with Crippen LogP contribution in [0.5, 0.6) is 5.75 Å². The molecular formula is C11H12F4O. The highest BCUT2D eigenvalue weighted by atomic mass is 19.4. The van der Waals surface area contributed by atoms with Gasteiger partial charge in [-0.1, -0.05) is 13.8 Å². The summed E-state index contributed by atoms with van der Waals surface area (Å²) in [6, 6.07) is 1.95. The van der Waals surface area contributed by atoms with E-state index in [-0.39, 0.29) is 17.2 Å². The van der Waals surface area contributed by atoms with Crippen molar-refractivity contribution in [1.29, 1.82) is 0 Å². The summed E-state index contributed by atoms with van der Waals surface area (Å²) in [4.78, 5) is 0. The van der Waals surface area contributed by atoms with Gasteiger partial charge in [-0.2, -0.15) is 13.2 Å². The van der Waals surface area contributed by atoms with E-state index in [1.165, 1.54) is 13.2 Å². The fraction of sp³-hybridized carbons (Fsp3) is 0.455. The van der Waals surface area contributed by atoms with Crippen LogP contribution in [0.15, 0.2) is 12.1 Å². The van der Waals surface area contributed by atoms with E-state index in [4.69, 9.17) is 4.74 Å². The maximum Gasteiger partial charge on any atom is 0.419 e. The zero-order valence-corrected chi connectivity index (χ0v) is 9.15. The average Bonchev–Trinajstić information content (AvgIpc) is 2.15. The molecule has 0 saturated heterocycles. The molecule has 16 heavy (non-hydrogen) atoms. The Morgan fingerprint density at radius 3 is 2.12 bits per heavy atom. The summed E-state index contributed by atoms with van der Waals surface area (Å²) in [5.41, 5.74) is -1.28. The van der Waals surface area contributed by atoms with Crippen molar-refractivity contribution in [2.24, 2.45) is 0 Å². The minimum atomic E-state index is -4.71. The van der Waals surface area contributed by atoms with E-state index in [0.717, 1.165) is 0 Å². The maximum atomic E-state index is 13.6. The summed E-state index contributed by atoms with van der Waals surface area (Å²) >= 11 is 0. The van der Waals surface area contributed by atoms with Crippen molar-refractivity contribution in [3.63, 3.8) is 0 Å². The summed E-state index contributed by atoms with van der Waals surface area (Å²) in [5, 5.41) is 0. The molecule has 0 fully saturated rings. The third-order valence-electron chi connectivity index (χ3n) is 2.24. The summed E-state index contributed by atoms with van der Waals surface area (Å²) < 4.78 is 55.8. The summed E-state index contributed by atoms with van der Waals surface area (Å²) in [6.45, 7) is 3.25. The van der Waals surface area contributed by atoms with Gasteiger partial charge in [0.2, 0.25) is 0 Å². The third-order valence-corrected chi connectivity index (χ3v) is 2.24. The highest BCUT2D eigenvalue weighted by molar-refractivity contribution is 5.38. The normalized spacial score (nSPS) is 12.0. The molecule has 0 unspecified atom stereocenters. The highest BCUT2D eigenvalue weighted by Crippen LogP contribution is 2.37. The molecule has 0 atom stereocenters. The van der Waals surface area contributed by atoms with Gasteiger partial charge in [0.05, 0.1) is 12.7 Å². The predicted octanol–water partition coefficient (Wildman–Crippen LogP) is 3.98. The van der Waals surface area contributed by atoms with Gasteiger partial charge in [-0.15, -0.1) is 0 Å². The van der Waals surface area contributed by atoms with Crippen molar-refractivity contribution >= 4 is 0 Å². The first-order valence-electron chi connectivity index (χ1n) is 4.72. The number of methoxy groups -OCH3 is 1. The van der Waals surface area contributed by atoms with Gasteiger partial charge in [-0.3, -0.25) is 0 Å². The minimum absolute atomic E-state index is 0.00618. The van der Waals surface area contributed by atoms with Crippen LogP contribution in [-0.2, 0) is 6.18 Å². The lowest BCUT2D eigenvalue weighted by Crippen LogP contribution is -2.11. The molecule has 0 aliphatic heterocycles. The van der Waals surface area contributed by atoms with Crippen molar-refractivity contribution in [3.8, 4) is 5.75 Å². The van der Waals surface area contributed by atoms with Gasteiger partial charge >= 0.3 is 6.18 Å². The Bertz CT molecular complexity index is 382. The summed E-state index contributed by atoms with van der Waals surface area (Å²) in [6.07, 6.45) is -4.71. The Balaban J connectivity index is 3.44. The van der Waals surface area contributed by atoms with Crippen molar-refractivity contribution in [2.75, 3.05) is 7.11 Å². The molecule has 0 radical (unpaired) electrons.